The number of benzene rings is 1. The summed E-state index contributed by atoms with van der Waals surface area (Å²) < 4.78 is 0. The minimum Gasteiger partial charge on any atom is -0.335 e. The second-order valence-electron chi connectivity index (χ2n) is 5.25. The van der Waals surface area contributed by atoms with Crippen LogP contribution in [0.4, 0.5) is 10.5 Å². The van der Waals surface area contributed by atoms with Crippen molar-refractivity contribution in [2.24, 2.45) is 0 Å². The SMILES string of the molecule is CCCCN(C(=O)NC1CC1)c1cccc(CC)c1. The lowest BCUT2D eigenvalue weighted by Gasteiger charge is -2.23. The molecule has 1 aromatic carbocycles. The van der Waals surface area contributed by atoms with Crippen molar-refractivity contribution in [1.29, 1.82) is 0 Å². The zero-order valence-electron chi connectivity index (χ0n) is 12.0. The molecule has 2 amide bonds. The number of urea groups is 1. The monoisotopic (exact) mass is 260 g/mol. The smallest absolute Gasteiger partial charge is 0.322 e. The topological polar surface area (TPSA) is 32.3 Å². The molecule has 0 heterocycles. The molecule has 1 aliphatic rings. The van der Waals surface area contributed by atoms with E-state index in [2.05, 4.69) is 31.3 Å². The molecule has 0 aromatic heterocycles. The minimum atomic E-state index is 0.0594. The molecule has 0 radical (unpaired) electrons. The number of nitrogens with one attached hydrogen (secondary N) is 1. The molecule has 3 nitrogen and oxygen atoms in total. The normalized spacial score (nSPS) is 14.2. The fourth-order valence-electron chi connectivity index (χ4n) is 2.09. The summed E-state index contributed by atoms with van der Waals surface area (Å²) in [7, 11) is 0. The molecule has 0 spiro atoms. The van der Waals surface area contributed by atoms with Crippen LogP contribution in [-0.4, -0.2) is 18.6 Å². The van der Waals surface area contributed by atoms with Gasteiger partial charge in [0.05, 0.1) is 0 Å². The highest BCUT2D eigenvalue weighted by molar-refractivity contribution is 5.92. The summed E-state index contributed by atoms with van der Waals surface area (Å²) in [6.07, 6.45) is 5.39. The number of carbonyl (C=O) groups is 1. The summed E-state index contributed by atoms with van der Waals surface area (Å²) in [6.45, 7) is 5.08. The lowest BCUT2D eigenvalue weighted by molar-refractivity contribution is 0.245. The van der Waals surface area contributed by atoms with Crippen LogP contribution in [0.15, 0.2) is 24.3 Å². The van der Waals surface area contributed by atoms with Crippen molar-refractivity contribution in [2.45, 2.75) is 52.0 Å². The molecule has 0 unspecified atom stereocenters. The highest BCUT2D eigenvalue weighted by atomic mass is 16.2. The summed E-state index contributed by atoms with van der Waals surface area (Å²) in [5.41, 5.74) is 2.30. The third-order valence-electron chi connectivity index (χ3n) is 3.52. The number of rotatable bonds is 6. The van der Waals surface area contributed by atoms with Gasteiger partial charge >= 0.3 is 6.03 Å². The largest absolute Gasteiger partial charge is 0.335 e. The van der Waals surface area contributed by atoms with Crippen LogP contribution < -0.4 is 10.2 Å². The van der Waals surface area contributed by atoms with Gasteiger partial charge in [-0.15, -0.1) is 0 Å². The van der Waals surface area contributed by atoms with Crippen molar-refractivity contribution in [3.05, 3.63) is 29.8 Å². The Labute approximate surface area is 116 Å². The van der Waals surface area contributed by atoms with E-state index in [0.29, 0.717) is 6.04 Å². The van der Waals surface area contributed by atoms with Gasteiger partial charge in [-0.25, -0.2) is 4.79 Å². The van der Waals surface area contributed by atoms with E-state index in [1.807, 2.05) is 17.0 Å². The maximum absolute atomic E-state index is 12.3. The predicted octanol–water partition coefficient (Wildman–Crippen LogP) is 3.73. The number of carbonyl (C=O) groups excluding carboxylic acids is 1. The average Bonchev–Trinajstić information content (AvgIpc) is 3.23. The molecule has 1 fully saturated rings. The third kappa shape index (κ3) is 3.98. The van der Waals surface area contributed by atoms with Crippen molar-refractivity contribution < 1.29 is 4.79 Å². The van der Waals surface area contributed by atoms with E-state index in [-0.39, 0.29) is 6.03 Å². The summed E-state index contributed by atoms with van der Waals surface area (Å²) in [5.74, 6) is 0. The second-order valence-corrected chi connectivity index (χ2v) is 5.25. The fourth-order valence-corrected chi connectivity index (χ4v) is 2.09. The van der Waals surface area contributed by atoms with E-state index in [4.69, 9.17) is 0 Å². The lowest BCUT2D eigenvalue weighted by Crippen LogP contribution is -2.41. The van der Waals surface area contributed by atoms with Gasteiger partial charge in [-0.2, -0.15) is 0 Å². The van der Waals surface area contributed by atoms with Gasteiger partial charge in [-0.3, -0.25) is 4.90 Å². The van der Waals surface area contributed by atoms with Crippen LogP contribution in [0, 0.1) is 0 Å². The van der Waals surface area contributed by atoms with Gasteiger partial charge in [0.25, 0.3) is 0 Å². The molecule has 1 N–H and O–H groups in total. The molecule has 19 heavy (non-hydrogen) atoms. The molecule has 104 valence electrons. The van der Waals surface area contributed by atoms with Crippen molar-refractivity contribution in [3.8, 4) is 0 Å². The molecule has 0 saturated heterocycles. The van der Waals surface area contributed by atoms with Crippen LogP contribution in [0.5, 0.6) is 0 Å². The molecular formula is C16H24N2O. The summed E-state index contributed by atoms with van der Waals surface area (Å²) in [6, 6.07) is 8.77. The van der Waals surface area contributed by atoms with E-state index < -0.39 is 0 Å². The van der Waals surface area contributed by atoms with E-state index in [0.717, 1.165) is 44.3 Å². The summed E-state index contributed by atoms with van der Waals surface area (Å²) in [4.78, 5) is 14.2. The average molecular weight is 260 g/mol. The number of unbranched alkanes of at least 4 members (excludes halogenated alkanes) is 1. The number of amides is 2. The predicted molar refractivity (Wildman–Crippen MR) is 79.6 cm³/mol. The third-order valence-corrected chi connectivity index (χ3v) is 3.52. The van der Waals surface area contributed by atoms with Gasteiger partial charge in [-0.05, 0) is 43.4 Å². The Kier molecular flexibility index (Phi) is 4.83. The van der Waals surface area contributed by atoms with Crippen LogP contribution in [0.3, 0.4) is 0 Å². The van der Waals surface area contributed by atoms with E-state index >= 15 is 0 Å². The van der Waals surface area contributed by atoms with Crippen molar-refractivity contribution in [3.63, 3.8) is 0 Å². The van der Waals surface area contributed by atoms with E-state index in [1.165, 1.54) is 5.56 Å². The van der Waals surface area contributed by atoms with Crippen LogP contribution >= 0.6 is 0 Å². The van der Waals surface area contributed by atoms with Gasteiger partial charge in [0.1, 0.15) is 0 Å². The lowest BCUT2D eigenvalue weighted by atomic mass is 10.1. The molecule has 1 saturated carbocycles. The van der Waals surface area contributed by atoms with Crippen LogP contribution in [0.25, 0.3) is 0 Å². The van der Waals surface area contributed by atoms with Gasteiger partial charge in [0, 0.05) is 18.3 Å². The van der Waals surface area contributed by atoms with Crippen LogP contribution in [0.1, 0.15) is 45.1 Å². The highest BCUT2D eigenvalue weighted by Gasteiger charge is 2.26. The maximum atomic E-state index is 12.3. The zero-order chi connectivity index (χ0) is 13.7. The Bertz CT molecular complexity index is 427. The zero-order valence-corrected chi connectivity index (χ0v) is 12.0. The molecule has 2 rings (SSSR count). The fraction of sp³-hybridized carbons (Fsp3) is 0.562. The Balaban J connectivity index is 2.11. The van der Waals surface area contributed by atoms with Crippen molar-refractivity contribution in [2.75, 3.05) is 11.4 Å². The molecule has 1 aliphatic carbocycles. The molecule has 0 bridgehead atoms. The Morgan fingerprint density at radius 1 is 1.37 bits per heavy atom. The van der Waals surface area contributed by atoms with Gasteiger partial charge < -0.3 is 5.32 Å². The molecular weight excluding hydrogens is 236 g/mol. The second kappa shape index (κ2) is 6.60. The Morgan fingerprint density at radius 3 is 2.79 bits per heavy atom. The van der Waals surface area contributed by atoms with Crippen LogP contribution in [0.2, 0.25) is 0 Å². The van der Waals surface area contributed by atoms with Gasteiger partial charge in [0.2, 0.25) is 0 Å². The standard InChI is InChI=1S/C16H24N2O/c1-3-5-11-18(16(19)17-14-9-10-14)15-8-6-7-13(4-2)12-15/h6-8,12,14H,3-5,9-11H2,1-2H3,(H,17,19). The molecule has 1 aromatic rings. The number of anilines is 1. The Morgan fingerprint density at radius 2 is 2.16 bits per heavy atom. The van der Waals surface area contributed by atoms with Gasteiger partial charge in [-0.1, -0.05) is 32.4 Å². The first-order chi connectivity index (χ1) is 9.24. The number of aryl methyl sites for hydroxylation is 1. The first-order valence-electron chi connectivity index (χ1n) is 7.41. The minimum absolute atomic E-state index is 0.0594. The van der Waals surface area contributed by atoms with E-state index in [1.54, 1.807) is 0 Å². The molecule has 0 atom stereocenters. The molecule has 0 aliphatic heterocycles. The van der Waals surface area contributed by atoms with E-state index in [9.17, 15) is 4.79 Å². The number of hydrogen-bond acceptors (Lipinski definition) is 1. The summed E-state index contributed by atoms with van der Waals surface area (Å²) >= 11 is 0. The molecule has 3 heteroatoms. The van der Waals surface area contributed by atoms with Crippen molar-refractivity contribution in [1.82, 2.24) is 5.32 Å². The number of nitrogens with zero attached hydrogens (tertiary/aromatic N) is 1. The van der Waals surface area contributed by atoms with Crippen LogP contribution in [-0.2, 0) is 6.42 Å². The van der Waals surface area contributed by atoms with Gasteiger partial charge in [0.15, 0.2) is 0 Å². The summed E-state index contributed by atoms with van der Waals surface area (Å²) in [5, 5.41) is 3.09. The first kappa shape index (κ1) is 13.9. The quantitative estimate of drug-likeness (QED) is 0.830. The first-order valence-corrected chi connectivity index (χ1v) is 7.41. The highest BCUT2D eigenvalue weighted by Crippen LogP contribution is 2.22. The maximum Gasteiger partial charge on any atom is 0.322 e. The number of hydrogen-bond donors (Lipinski definition) is 1. The van der Waals surface area contributed by atoms with Crippen molar-refractivity contribution >= 4 is 11.7 Å². The Hall–Kier alpha value is -1.51.